The van der Waals surface area contributed by atoms with Gasteiger partial charge in [-0.3, -0.25) is 9.48 Å². The van der Waals surface area contributed by atoms with Crippen molar-refractivity contribution < 1.29 is 4.79 Å². The van der Waals surface area contributed by atoms with Gasteiger partial charge in [-0.25, -0.2) is 20.8 Å². The highest BCUT2D eigenvalue weighted by atomic mass is 16.1. The van der Waals surface area contributed by atoms with Gasteiger partial charge in [0.25, 0.3) is 5.91 Å². The Bertz CT molecular complexity index is 534. The van der Waals surface area contributed by atoms with Gasteiger partial charge >= 0.3 is 0 Å². The Balaban J connectivity index is 1.94. The minimum Gasteiger partial charge on any atom is -0.343 e. The van der Waals surface area contributed by atoms with Crippen LogP contribution in [0.15, 0.2) is 18.7 Å². The molecular formula is C9H12N8O. The molecule has 0 fully saturated rings. The second-order valence-corrected chi connectivity index (χ2v) is 3.45. The fourth-order valence-electron chi connectivity index (χ4n) is 1.23. The monoisotopic (exact) mass is 248 g/mol. The fraction of sp³-hybridized carbons (Fsp3) is 0.222. The SMILES string of the molecule is Cn1cnc(CNC(=O)c2cnc(NN)cn2)n1. The Morgan fingerprint density at radius 1 is 1.39 bits per heavy atom. The van der Waals surface area contributed by atoms with Crippen molar-refractivity contribution >= 4 is 11.7 Å². The number of aromatic nitrogens is 5. The number of hydrazine groups is 1. The number of aryl methyl sites for hydroxylation is 1. The zero-order valence-electron chi connectivity index (χ0n) is 9.66. The number of nitrogens with zero attached hydrogens (tertiary/aromatic N) is 5. The molecule has 0 aliphatic heterocycles. The zero-order valence-corrected chi connectivity index (χ0v) is 9.66. The lowest BCUT2D eigenvalue weighted by molar-refractivity contribution is 0.0944. The second-order valence-electron chi connectivity index (χ2n) is 3.45. The third-order valence-electron chi connectivity index (χ3n) is 2.09. The normalized spacial score (nSPS) is 10.1. The van der Waals surface area contributed by atoms with E-state index < -0.39 is 0 Å². The van der Waals surface area contributed by atoms with E-state index in [4.69, 9.17) is 5.84 Å². The van der Waals surface area contributed by atoms with E-state index in [-0.39, 0.29) is 18.1 Å². The molecule has 9 heteroatoms. The quantitative estimate of drug-likeness (QED) is 0.459. The highest BCUT2D eigenvalue weighted by Gasteiger charge is 2.08. The maximum Gasteiger partial charge on any atom is 0.271 e. The van der Waals surface area contributed by atoms with Crippen LogP contribution in [-0.2, 0) is 13.6 Å². The number of amides is 1. The van der Waals surface area contributed by atoms with Crippen LogP contribution in [0.4, 0.5) is 5.82 Å². The zero-order chi connectivity index (χ0) is 13.0. The largest absolute Gasteiger partial charge is 0.343 e. The summed E-state index contributed by atoms with van der Waals surface area (Å²) in [6, 6.07) is 0. The van der Waals surface area contributed by atoms with E-state index in [9.17, 15) is 4.79 Å². The van der Waals surface area contributed by atoms with Gasteiger partial charge in [0, 0.05) is 7.05 Å². The van der Waals surface area contributed by atoms with E-state index in [0.29, 0.717) is 11.6 Å². The summed E-state index contributed by atoms with van der Waals surface area (Å²) < 4.78 is 1.56. The number of nitrogen functional groups attached to an aromatic ring is 1. The summed E-state index contributed by atoms with van der Waals surface area (Å²) in [7, 11) is 1.75. The molecule has 18 heavy (non-hydrogen) atoms. The molecule has 94 valence electrons. The summed E-state index contributed by atoms with van der Waals surface area (Å²) in [4.78, 5) is 23.5. The molecule has 0 aliphatic carbocycles. The minimum absolute atomic E-state index is 0.199. The summed E-state index contributed by atoms with van der Waals surface area (Å²) >= 11 is 0. The van der Waals surface area contributed by atoms with E-state index in [1.54, 1.807) is 18.1 Å². The molecule has 2 heterocycles. The van der Waals surface area contributed by atoms with Crippen LogP contribution in [0.3, 0.4) is 0 Å². The summed E-state index contributed by atoms with van der Waals surface area (Å²) in [5.41, 5.74) is 2.52. The van der Waals surface area contributed by atoms with Crippen LogP contribution in [0.25, 0.3) is 0 Å². The van der Waals surface area contributed by atoms with Gasteiger partial charge in [0.1, 0.15) is 12.0 Å². The van der Waals surface area contributed by atoms with Crippen molar-refractivity contribution in [3.8, 4) is 0 Å². The number of nitrogens with one attached hydrogen (secondary N) is 2. The molecule has 0 atom stereocenters. The van der Waals surface area contributed by atoms with Crippen LogP contribution in [0.1, 0.15) is 16.3 Å². The Morgan fingerprint density at radius 3 is 2.78 bits per heavy atom. The van der Waals surface area contributed by atoms with Gasteiger partial charge in [-0.2, -0.15) is 5.10 Å². The van der Waals surface area contributed by atoms with Crippen molar-refractivity contribution in [1.82, 2.24) is 30.0 Å². The lowest BCUT2D eigenvalue weighted by Gasteiger charge is -2.02. The van der Waals surface area contributed by atoms with Gasteiger partial charge < -0.3 is 10.7 Å². The molecule has 0 saturated heterocycles. The molecule has 4 N–H and O–H groups in total. The highest BCUT2D eigenvalue weighted by Crippen LogP contribution is 1.99. The first-order chi connectivity index (χ1) is 8.69. The molecule has 0 saturated carbocycles. The number of anilines is 1. The molecule has 2 aromatic rings. The first-order valence-electron chi connectivity index (χ1n) is 5.10. The highest BCUT2D eigenvalue weighted by molar-refractivity contribution is 5.91. The summed E-state index contributed by atoms with van der Waals surface area (Å²) in [5.74, 6) is 5.71. The van der Waals surface area contributed by atoms with Crippen LogP contribution in [-0.4, -0.2) is 30.6 Å². The third kappa shape index (κ3) is 2.77. The molecule has 0 bridgehead atoms. The van der Waals surface area contributed by atoms with Gasteiger partial charge in [-0.05, 0) is 0 Å². The molecule has 0 unspecified atom stereocenters. The van der Waals surface area contributed by atoms with Gasteiger partial charge in [0.2, 0.25) is 0 Å². The molecule has 0 aromatic carbocycles. The van der Waals surface area contributed by atoms with E-state index in [1.807, 2.05) is 0 Å². The summed E-state index contributed by atoms with van der Waals surface area (Å²) in [5, 5.41) is 6.67. The number of hydrogen-bond acceptors (Lipinski definition) is 7. The maximum absolute atomic E-state index is 11.7. The number of hydrogen-bond donors (Lipinski definition) is 3. The van der Waals surface area contributed by atoms with Crippen LogP contribution in [0, 0.1) is 0 Å². The Hall–Kier alpha value is -2.55. The maximum atomic E-state index is 11.7. The number of carbonyl (C=O) groups is 1. The molecule has 0 radical (unpaired) electrons. The first kappa shape index (κ1) is 11.9. The van der Waals surface area contributed by atoms with Gasteiger partial charge in [0.15, 0.2) is 11.6 Å². The standard InChI is InChI=1S/C9H12N8O/c1-17-5-14-8(16-17)4-13-9(18)6-2-12-7(15-10)3-11-6/h2-3,5H,4,10H2,1H3,(H,12,15)(H,13,18). The van der Waals surface area contributed by atoms with E-state index in [0.717, 1.165) is 0 Å². The van der Waals surface area contributed by atoms with Crippen molar-refractivity contribution in [3.05, 3.63) is 30.2 Å². The van der Waals surface area contributed by atoms with Crippen molar-refractivity contribution in [1.29, 1.82) is 0 Å². The predicted molar refractivity (Wildman–Crippen MR) is 62.0 cm³/mol. The van der Waals surface area contributed by atoms with E-state index >= 15 is 0 Å². The Kier molecular flexibility index (Phi) is 3.44. The number of rotatable bonds is 4. The molecule has 9 nitrogen and oxygen atoms in total. The van der Waals surface area contributed by atoms with Gasteiger partial charge in [-0.15, -0.1) is 0 Å². The Labute approximate surface area is 102 Å². The average Bonchev–Trinajstić information content (AvgIpc) is 2.82. The van der Waals surface area contributed by atoms with Crippen molar-refractivity contribution in [2.45, 2.75) is 6.54 Å². The van der Waals surface area contributed by atoms with Crippen LogP contribution < -0.4 is 16.6 Å². The van der Waals surface area contributed by atoms with Crippen molar-refractivity contribution in [3.63, 3.8) is 0 Å². The average molecular weight is 248 g/mol. The number of nitrogens with two attached hydrogens (primary N) is 1. The summed E-state index contributed by atoms with van der Waals surface area (Å²) in [6.07, 6.45) is 4.26. The topological polar surface area (TPSA) is 124 Å². The van der Waals surface area contributed by atoms with Crippen molar-refractivity contribution in [2.75, 3.05) is 5.43 Å². The smallest absolute Gasteiger partial charge is 0.271 e. The van der Waals surface area contributed by atoms with Crippen LogP contribution >= 0.6 is 0 Å². The van der Waals surface area contributed by atoms with Gasteiger partial charge in [0.05, 0.1) is 18.9 Å². The van der Waals surface area contributed by atoms with Crippen LogP contribution in [0.5, 0.6) is 0 Å². The predicted octanol–water partition coefficient (Wildman–Crippen LogP) is -1.18. The molecule has 1 amide bonds. The lowest BCUT2D eigenvalue weighted by atomic mass is 10.4. The number of carbonyl (C=O) groups excluding carboxylic acids is 1. The first-order valence-corrected chi connectivity index (χ1v) is 5.10. The van der Waals surface area contributed by atoms with Crippen LogP contribution in [0.2, 0.25) is 0 Å². The Morgan fingerprint density at radius 2 is 2.22 bits per heavy atom. The van der Waals surface area contributed by atoms with E-state index in [2.05, 4.69) is 30.8 Å². The third-order valence-corrected chi connectivity index (χ3v) is 2.09. The molecule has 2 rings (SSSR count). The second kappa shape index (κ2) is 5.19. The fourth-order valence-corrected chi connectivity index (χ4v) is 1.23. The molecular weight excluding hydrogens is 236 g/mol. The van der Waals surface area contributed by atoms with Crippen molar-refractivity contribution in [2.24, 2.45) is 12.9 Å². The minimum atomic E-state index is -0.349. The van der Waals surface area contributed by atoms with Gasteiger partial charge in [-0.1, -0.05) is 0 Å². The molecule has 0 spiro atoms. The summed E-state index contributed by atoms with van der Waals surface area (Å²) in [6.45, 7) is 0.234. The van der Waals surface area contributed by atoms with E-state index in [1.165, 1.54) is 12.4 Å². The molecule has 2 aromatic heterocycles. The lowest BCUT2D eigenvalue weighted by Crippen LogP contribution is -2.24. The molecule has 0 aliphatic rings.